The zero-order chi connectivity index (χ0) is 14.6. The molecular weight excluding hydrogens is 262 g/mol. The molecule has 4 heteroatoms. The van der Waals surface area contributed by atoms with Crippen LogP contribution in [0.15, 0.2) is 6.20 Å². The molecule has 0 radical (unpaired) electrons. The minimum atomic E-state index is 0.0522. The maximum absolute atomic E-state index is 12.4. The number of nitrogens with zero attached hydrogens (tertiary/aromatic N) is 2. The summed E-state index contributed by atoms with van der Waals surface area (Å²) in [5.74, 6) is 2.87. The lowest BCUT2D eigenvalue weighted by atomic mass is 9.49. The minimum Gasteiger partial charge on any atom is -0.351 e. The standard InChI is InChI=1S/C17H25N3O/c1-11-15(9-20(2)19-11)16(21)18-10-17-6-12-3-13(7-17)5-14(4-12)8-17/h9,12-14H,3-8,10H2,1-2H3,(H,18,21). The molecule has 4 fully saturated rings. The molecule has 1 heterocycles. The smallest absolute Gasteiger partial charge is 0.254 e. The lowest BCUT2D eigenvalue weighted by Gasteiger charge is -2.56. The summed E-state index contributed by atoms with van der Waals surface area (Å²) >= 11 is 0. The SMILES string of the molecule is Cc1nn(C)cc1C(=O)NCC12CC3CC(CC(C3)C1)C2. The van der Waals surface area contributed by atoms with Gasteiger partial charge in [-0.1, -0.05) is 0 Å². The highest BCUT2D eigenvalue weighted by Crippen LogP contribution is 2.59. The van der Waals surface area contributed by atoms with Crippen LogP contribution in [0.5, 0.6) is 0 Å². The zero-order valence-corrected chi connectivity index (χ0v) is 13.1. The molecule has 0 aliphatic heterocycles. The Morgan fingerprint density at radius 1 is 1.29 bits per heavy atom. The summed E-state index contributed by atoms with van der Waals surface area (Å²) in [6.45, 7) is 2.77. The van der Waals surface area contributed by atoms with Crippen LogP contribution in [0, 0.1) is 30.1 Å². The topological polar surface area (TPSA) is 46.9 Å². The van der Waals surface area contributed by atoms with Gasteiger partial charge in [-0.2, -0.15) is 5.10 Å². The lowest BCUT2D eigenvalue weighted by molar-refractivity contribution is -0.0503. The number of nitrogens with one attached hydrogen (secondary N) is 1. The first-order chi connectivity index (χ1) is 10.0. The van der Waals surface area contributed by atoms with Crippen molar-refractivity contribution in [2.24, 2.45) is 30.2 Å². The fraction of sp³-hybridized carbons (Fsp3) is 0.765. The van der Waals surface area contributed by atoms with Crippen LogP contribution in [0.2, 0.25) is 0 Å². The Labute approximate surface area is 126 Å². The van der Waals surface area contributed by atoms with Gasteiger partial charge in [0.15, 0.2) is 0 Å². The molecule has 1 aromatic rings. The lowest BCUT2D eigenvalue weighted by Crippen LogP contribution is -2.51. The number of carbonyl (C=O) groups is 1. The van der Waals surface area contributed by atoms with E-state index < -0.39 is 0 Å². The second-order valence-electron chi connectivity index (χ2n) is 7.90. The quantitative estimate of drug-likeness (QED) is 0.929. The number of amides is 1. The average Bonchev–Trinajstić information content (AvgIpc) is 2.74. The van der Waals surface area contributed by atoms with Crippen molar-refractivity contribution in [2.75, 3.05) is 6.54 Å². The first-order valence-electron chi connectivity index (χ1n) is 8.31. The number of hydrogen-bond donors (Lipinski definition) is 1. The number of hydrogen-bond acceptors (Lipinski definition) is 2. The van der Waals surface area contributed by atoms with Crippen molar-refractivity contribution in [3.8, 4) is 0 Å². The van der Waals surface area contributed by atoms with Gasteiger partial charge in [0.2, 0.25) is 0 Å². The van der Waals surface area contributed by atoms with Gasteiger partial charge in [-0.15, -0.1) is 0 Å². The third-order valence-corrected chi connectivity index (χ3v) is 6.05. The van der Waals surface area contributed by atoms with Crippen LogP contribution in [0.3, 0.4) is 0 Å². The van der Waals surface area contributed by atoms with E-state index in [4.69, 9.17) is 0 Å². The van der Waals surface area contributed by atoms with E-state index in [1.807, 2.05) is 20.2 Å². The summed E-state index contributed by atoms with van der Waals surface area (Å²) in [5, 5.41) is 7.48. The Balaban J connectivity index is 1.45. The molecule has 21 heavy (non-hydrogen) atoms. The van der Waals surface area contributed by atoms with Crippen molar-refractivity contribution >= 4 is 5.91 Å². The van der Waals surface area contributed by atoms with Crippen LogP contribution in [0.4, 0.5) is 0 Å². The highest BCUT2D eigenvalue weighted by atomic mass is 16.1. The molecule has 1 aromatic heterocycles. The normalized spacial score (nSPS) is 37.0. The van der Waals surface area contributed by atoms with Gasteiger partial charge >= 0.3 is 0 Å². The molecular formula is C17H25N3O. The average molecular weight is 287 g/mol. The first kappa shape index (κ1) is 13.4. The maximum Gasteiger partial charge on any atom is 0.254 e. The van der Waals surface area contributed by atoms with Gasteiger partial charge in [0.25, 0.3) is 5.91 Å². The van der Waals surface area contributed by atoms with Gasteiger partial charge in [-0.3, -0.25) is 9.48 Å². The molecule has 0 aromatic carbocycles. The Kier molecular flexibility index (Phi) is 2.92. The number of carbonyl (C=O) groups excluding carboxylic acids is 1. The van der Waals surface area contributed by atoms with Crippen molar-refractivity contribution in [3.63, 3.8) is 0 Å². The Morgan fingerprint density at radius 2 is 1.86 bits per heavy atom. The van der Waals surface area contributed by atoms with Crippen molar-refractivity contribution in [1.82, 2.24) is 15.1 Å². The summed E-state index contributed by atoms with van der Waals surface area (Å²) in [6.07, 6.45) is 10.2. The van der Waals surface area contributed by atoms with E-state index in [-0.39, 0.29) is 5.91 Å². The monoisotopic (exact) mass is 287 g/mol. The summed E-state index contributed by atoms with van der Waals surface area (Å²) in [5.41, 5.74) is 1.95. The first-order valence-corrected chi connectivity index (χ1v) is 8.31. The van der Waals surface area contributed by atoms with Crippen molar-refractivity contribution in [2.45, 2.75) is 45.4 Å². The largest absolute Gasteiger partial charge is 0.351 e. The van der Waals surface area contributed by atoms with E-state index in [9.17, 15) is 4.79 Å². The predicted molar refractivity (Wildman–Crippen MR) is 80.9 cm³/mol. The molecule has 4 saturated carbocycles. The molecule has 0 spiro atoms. The predicted octanol–water partition coefficient (Wildman–Crippen LogP) is 2.67. The molecule has 5 rings (SSSR count). The number of aromatic nitrogens is 2. The van der Waals surface area contributed by atoms with Crippen molar-refractivity contribution in [3.05, 3.63) is 17.5 Å². The summed E-state index contributed by atoms with van der Waals surface area (Å²) in [4.78, 5) is 12.4. The summed E-state index contributed by atoms with van der Waals surface area (Å²) < 4.78 is 1.72. The van der Waals surface area contributed by atoms with E-state index in [2.05, 4.69) is 10.4 Å². The molecule has 0 atom stereocenters. The molecule has 0 unspecified atom stereocenters. The summed E-state index contributed by atoms with van der Waals surface area (Å²) in [6, 6.07) is 0. The fourth-order valence-electron chi connectivity index (χ4n) is 5.69. The highest BCUT2D eigenvalue weighted by molar-refractivity contribution is 5.95. The van der Waals surface area contributed by atoms with Gasteiger partial charge < -0.3 is 5.32 Å². The Morgan fingerprint density at radius 3 is 2.33 bits per heavy atom. The van der Waals surface area contributed by atoms with Crippen LogP contribution in [0.25, 0.3) is 0 Å². The third-order valence-electron chi connectivity index (χ3n) is 6.05. The molecule has 4 nitrogen and oxygen atoms in total. The molecule has 1 N–H and O–H groups in total. The molecule has 4 bridgehead atoms. The number of rotatable bonds is 3. The van der Waals surface area contributed by atoms with Crippen molar-refractivity contribution < 1.29 is 4.79 Å². The Bertz CT molecular complexity index is 539. The van der Waals surface area contributed by atoms with Gasteiger partial charge in [0, 0.05) is 19.8 Å². The molecule has 4 aliphatic rings. The van der Waals surface area contributed by atoms with Crippen LogP contribution < -0.4 is 5.32 Å². The van der Waals surface area contributed by atoms with Gasteiger partial charge in [0.05, 0.1) is 11.3 Å². The van der Waals surface area contributed by atoms with E-state index >= 15 is 0 Å². The molecule has 0 saturated heterocycles. The van der Waals surface area contributed by atoms with Gasteiger partial charge in [0.1, 0.15) is 0 Å². The maximum atomic E-state index is 12.4. The van der Waals surface area contributed by atoms with Crippen LogP contribution in [-0.2, 0) is 7.05 Å². The second kappa shape index (κ2) is 4.59. The van der Waals surface area contributed by atoms with E-state index in [0.29, 0.717) is 5.41 Å². The fourth-order valence-corrected chi connectivity index (χ4v) is 5.69. The van der Waals surface area contributed by atoms with Crippen LogP contribution in [0.1, 0.15) is 54.6 Å². The van der Waals surface area contributed by atoms with E-state index in [1.54, 1.807) is 4.68 Å². The van der Waals surface area contributed by atoms with Gasteiger partial charge in [-0.05, 0) is 68.6 Å². The van der Waals surface area contributed by atoms with Crippen LogP contribution >= 0.6 is 0 Å². The zero-order valence-electron chi connectivity index (χ0n) is 13.1. The van der Waals surface area contributed by atoms with E-state index in [0.717, 1.165) is 35.6 Å². The third kappa shape index (κ3) is 2.29. The molecule has 1 amide bonds. The second-order valence-corrected chi connectivity index (χ2v) is 7.90. The summed E-state index contributed by atoms with van der Waals surface area (Å²) in [7, 11) is 1.86. The van der Waals surface area contributed by atoms with E-state index in [1.165, 1.54) is 38.5 Å². The molecule has 4 aliphatic carbocycles. The molecule has 114 valence electrons. The minimum absolute atomic E-state index is 0.0522. The Hall–Kier alpha value is -1.32. The van der Waals surface area contributed by atoms with Crippen LogP contribution in [-0.4, -0.2) is 22.2 Å². The van der Waals surface area contributed by atoms with Gasteiger partial charge in [-0.25, -0.2) is 0 Å². The van der Waals surface area contributed by atoms with Crippen molar-refractivity contribution in [1.29, 1.82) is 0 Å². The number of aryl methyl sites for hydroxylation is 2. The highest BCUT2D eigenvalue weighted by Gasteiger charge is 2.50.